The van der Waals surface area contributed by atoms with Crippen molar-refractivity contribution in [1.82, 2.24) is 4.57 Å². The van der Waals surface area contributed by atoms with Gasteiger partial charge in [-0.2, -0.15) is 0 Å². The Hall–Kier alpha value is -6.56. The van der Waals surface area contributed by atoms with Crippen LogP contribution in [0, 0.1) is 0 Å². The maximum Gasteiger partial charge on any atom is 0.231 e. The molecule has 0 bridgehead atoms. The van der Waals surface area contributed by atoms with Gasteiger partial charge in [-0.15, -0.1) is 0 Å². The van der Waals surface area contributed by atoms with Gasteiger partial charge in [0.05, 0.1) is 22.8 Å². The Kier molecular flexibility index (Phi) is 7.22. The van der Waals surface area contributed by atoms with Crippen molar-refractivity contribution in [2.24, 2.45) is 9.98 Å². The van der Waals surface area contributed by atoms with Crippen molar-refractivity contribution in [3.8, 4) is 33.4 Å². The van der Waals surface area contributed by atoms with Crippen molar-refractivity contribution in [3.63, 3.8) is 0 Å². The Bertz CT molecular complexity index is 3340. The van der Waals surface area contributed by atoms with Crippen LogP contribution in [0.15, 0.2) is 188 Å². The molecule has 2 aliphatic carbocycles. The van der Waals surface area contributed by atoms with Crippen LogP contribution in [0.1, 0.15) is 37.0 Å². The normalized spacial score (nSPS) is 16.7. The molecule has 5 heteroatoms. The topological polar surface area (TPSA) is 42.8 Å². The molecule has 1 atom stereocenters. The van der Waals surface area contributed by atoms with Crippen LogP contribution in [0.3, 0.4) is 0 Å². The lowest BCUT2D eigenvalue weighted by Crippen LogP contribution is -2.28. The molecule has 12 rings (SSSR count). The summed E-state index contributed by atoms with van der Waals surface area (Å²) in [6, 6.07) is 52.6. The number of nitrogens with zero attached hydrogens (tertiary/aromatic N) is 3. The maximum absolute atomic E-state index is 6.25. The molecular weight excluding hydrogens is 775 g/mol. The second kappa shape index (κ2) is 12.5. The SMILES string of the molecule is CC1(C)c2ccccc2-c2cc3c(cc21)c1cc(-c2ccc4oc5cccc(Br)c5c4c2)ccc1n3C1=NC2CC=CC=C2C(c2ccc(-c3ccccc3)cc2)=N1. The minimum absolute atomic E-state index is 0.0296. The number of aromatic nitrogens is 1. The highest BCUT2D eigenvalue weighted by Crippen LogP contribution is 2.51. The Morgan fingerprint density at radius 2 is 1.34 bits per heavy atom. The lowest BCUT2D eigenvalue weighted by Gasteiger charge is -2.26. The fourth-order valence-corrected chi connectivity index (χ4v) is 10.2. The van der Waals surface area contributed by atoms with E-state index in [1.54, 1.807) is 0 Å². The Balaban J connectivity index is 1.08. The summed E-state index contributed by atoms with van der Waals surface area (Å²) in [6.07, 6.45) is 7.39. The summed E-state index contributed by atoms with van der Waals surface area (Å²) in [6.45, 7) is 4.71. The number of furan rings is 1. The Labute approximate surface area is 344 Å². The fourth-order valence-electron chi connectivity index (χ4n) is 9.67. The van der Waals surface area contributed by atoms with Crippen molar-refractivity contribution >= 4 is 71.3 Å². The monoisotopic (exact) mass is 809 g/mol. The molecule has 2 aromatic heterocycles. The molecule has 58 heavy (non-hydrogen) atoms. The zero-order valence-corrected chi connectivity index (χ0v) is 33.6. The average molecular weight is 811 g/mol. The second-order valence-electron chi connectivity index (χ2n) is 16.2. The van der Waals surface area contributed by atoms with Crippen LogP contribution in [-0.2, 0) is 5.41 Å². The smallest absolute Gasteiger partial charge is 0.231 e. The van der Waals surface area contributed by atoms with Crippen LogP contribution in [-0.4, -0.2) is 22.3 Å². The summed E-state index contributed by atoms with van der Waals surface area (Å²) in [7, 11) is 0. The molecule has 0 N–H and O–H groups in total. The van der Waals surface area contributed by atoms with Gasteiger partial charge in [0, 0.05) is 42.6 Å². The van der Waals surface area contributed by atoms with Crippen LogP contribution in [0.4, 0.5) is 0 Å². The van der Waals surface area contributed by atoms with E-state index in [0.29, 0.717) is 5.96 Å². The van der Waals surface area contributed by atoms with Gasteiger partial charge in [-0.05, 0) is 99.5 Å². The zero-order chi connectivity index (χ0) is 38.7. The van der Waals surface area contributed by atoms with Gasteiger partial charge < -0.3 is 4.42 Å². The number of hydrogen-bond acceptors (Lipinski definition) is 3. The summed E-state index contributed by atoms with van der Waals surface area (Å²) in [5.41, 5.74) is 17.0. The van der Waals surface area contributed by atoms with Gasteiger partial charge in [-0.1, -0.05) is 145 Å². The van der Waals surface area contributed by atoms with Gasteiger partial charge in [0.15, 0.2) is 0 Å². The zero-order valence-electron chi connectivity index (χ0n) is 32.0. The third kappa shape index (κ3) is 4.93. The van der Waals surface area contributed by atoms with Crippen molar-refractivity contribution in [2.45, 2.75) is 31.7 Å². The fraction of sp³-hybridized carbons (Fsp3) is 0.0943. The molecule has 0 fully saturated rings. The maximum atomic E-state index is 6.25. The number of hydrogen-bond donors (Lipinski definition) is 0. The molecular formula is C53H36BrN3O. The van der Waals surface area contributed by atoms with E-state index in [0.717, 1.165) is 71.8 Å². The van der Waals surface area contributed by atoms with Crippen LogP contribution >= 0.6 is 15.9 Å². The largest absolute Gasteiger partial charge is 0.456 e. The van der Waals surface area contributed by atoms with Crippen molar-refractivity contribution in [2.75, 3.05) is 0 Å². The van der Waals surface area contributed by atoms with Gasteiger partial charge in [-0.3, -0.25) is 4.57 Å². The molecule has 3 aliphatic rings. The van der Waals surface area contributed by atoms with E-state index in [4.69, 9.17) is 14.4 Å². The summed E-state index contributed by atoms with van der Waals surface area (Å²) >= 11 is 3.78. The summed E-state index contributed by atoms with van der Waals surface area (Å²) in [5.74, 6) is 0.717. The molecule has 0 saturated carbocycles. The summed E-state index contributed by atoms with van der Waals surface area (Å²) < 4.78 is 9.60. The van der Waals surface area contributed by atoms with Gasteiger partial charge >= 0.3 is 0 Å². The van der Waals surface area contributed by atoms with Gasteiger partial charge in [0.2, 0.25) is 5.96 Å². The minimum atomic E-state index is -0.138. The third-order valence-electron chi connectivity index (χ3n) is 12.6. The number of aliphatic imine (C=N–C) groups is 2. The first-order valence-corrected chi connectivity index (χ1v) is 20.7. The van der Waals surface area contributed by atoms with Gasteiger partial charge in [-0.25, -0.2) is 9.98 Å². The first-order chi connectivity index (χ1) is 28.4. The molecule has 4 nitrogen and oxygen atoms in total. The molecule has 0 radical (unpaired) electrons. The van der Waals surface area contributed by atoms with E-state index in [-0.39, 0.29) is 11.5 Å². The predicted molar refractivity (Wildman–Crippen MR) is 244 cm³/mol. The number of allylic oxidation sites excluding steroid dienone is 2. The lowest BCUT2D eigenvalue weighted by atomic mass is 9.82. The van der Waals surface area contributed by atoms with Crippen molar-refractivity contribution in [1.29, 1.82) is 0 Å². The third-order valence-corrected chi connectivity index (χ3v) is 13.3. The Morgan fingerprint density at radius 3 is 2.21 bits per heavy atom. The molecule has 0 spiro atoms. The first-order valence-electron chi connectivity index (χ1n) is 19.9. The molecule has 9 aromatic rings. The summed E-state index contributed by atoms with van der Waals surface area (Å²) in [5, 5.41) is 4.57. The van der Waals surface area contributed by atoms with Crippen LogP contribution < -0.4 is 0 Å². The van der Waals surface area contributed by atoms with Gasteiger partial charge in [0.25, 0.3) is 0 Å². The van der Waals surface area contributed by atoms with Crippen LogP contribution in [0.2, 0.25) is 0 Å². The number of benzene rings is 7. The van der Waals surface area contributed by atoms with Crippen molar-refractivity contribution in [3.05, 3.63) is 191 Å². The molecule has 276 valence electrons. The minimum Gasteiger partial charge on any atom is -0.456 e. The lowest BCUT2D eigenvalue weighted by molar-refractivity contribution is 0.661. The quantitative estimate of drug-likeness (QED) is 0.175. The highest BCUT2D eigenvalue weighted by molar-refractivity contribution is 9.10. The number of rotatable bonds is 3. The van der Waals surface area contributed by atoms with Crippen LogP contribution in [0.25, 0.3) is 77.1 Å². The predicted octanol–water partition coefficient (Wildman–Crippen LogP) is 14.1. The standard InChI is InChI=1S/C53H36BrN3O/c1-53(2)42-15-8-6-13-36(42)38-30-47-40(29-43(38)53)39-27-34(35-24-26-48-41(28-35)50-44(54)16-10-18-49(50)58-48)23-25-46(39)57(47)52-55-45-17-9-7-14-37(45)51(56-52)33-21-19-32(20-22-33)31-11-4-3-5-12-31/h3-16,18-30,45H,17H2,1-2H3. The highest BCUT2D eigenvalue weighted by atomic mass is 79.9. The number of fused-ring (bicyclic) bond motifs is 10. The van der Waals surface area contributed by atoms with E-state index in [1.165, 1.54) is 44.2 Å². The van der Waals surface area contributed by atoms with E-state index < -0.39 is 0 Å². The first kappa shape index (κ1) is 33.6. The highest BCUT2D eigenvalue weighted by Gasteiger charge is 2.37. The molecule has 1 unspecified atom stereocenters. The number of halogens is 1. The summed E-state index contributed by atoms with van der Waals surface area (Å²) in [4.78, 5) is 11.0. The van der Waals surface area contributed by atoms with Crippen LogP contribution in [0.5, 0.6) is 0 Å². The molecule has 7 aromatic carbocycles. The Morgan fingerprint density at radius 1 is 0.621 bits per heavy atom. The second-order valence-corrected chi connectivity index (χ2v) is 17.1. The van der Waals surface area contributed by atoms with Crippen molar-refractivity contribution < 1.29 is 4.42 Å². The molecule has 0 saturated heterocycles. The average Bonchev–Trinajstić information content (AvgIpc) is 3.88. The van der Waals surface area contributed by atoms with E-state index >= 15 is 0 Å². The molecule has 3 heterocycles. The molecule has 1 aliphatic heterocycles. The van der Waals surface area contributed by atoms with E-state index in [1.807, 2.05) is 12.1 Å². The van der Waals surface area contributed by atoms with Gasteiger partial charge in [0.1, 0.15) is 11.2 Å². The van der Waals surface area contributed by atoms with E-state index in [2.05, 4.69) is 186 Å². The molecule has 0 amide bonds. The van der Waals surface area contributed by atoms with E-state index in [9.17, 15) is 0 Å².